The highest BCUT2D eigenvalue weighted by Crippen LogP contribution is 2.33. The summed E-state index contributed by atoms with van der Waals surface area (Å²) in [6.07, 6.45) is -2.73. The highest BCUT2D eigenvalue weighted by Gasteiger charge is 2.31. The molecule has 1 aromatic rings. The van der Waals surface area contributed by atoms with E-state index >= 15 is 0 Å². The Morgan fingerprint density at radius 2 is 1.80 bits per heavy atom. The van der Waals surface area contributed by atoms with E-state index in [4.69, 9.17) is 4.42 Å². The smallest absolute Gasteiger partial charge is 0.283 e. The van der Waals surface area contributed by atoms with Crippen LogP contribution in [0.3, 0.4) is 0 Å². The van der Waals surface area contributed by atoms with Gasteiger partial charge in [-0.05, 0) is 13.8 Å². The van der Waals surface area contributed by atoms with Gasteiger partial charge in [0.05, 0.1) is 0 Å². The van der Waals surface area contributed by atoms with Gasteiger partial charge < -0.3 is 4.42 Å². The summed E-state index contributed by atoms with van der Waals surface area (Å²) in [6.45, 7) is 5.83. The molecule has 1 rings (SSSR count). The molecule has 0 saturated heterocycles. The summed E-state index contributed by atoms with van der Waals surface area (Å²) in [7, 11) is 0. The van der Waals surface area contributed by atoms with Crippen molar-refractivity contribution in [1.82, 2.24) is 4.98 Å². The molecule has 86 valence electrons. The van der Waals surface area contributed by atoms with Crippen molar-refractivity contribution >= 4 is 0 Å². The average molecular weight is 221 g/mol. The Kier molecular flexibility index (Phi) is 3.11. The fourth-order valence-electron chi connectivity index (χ4n) is 1.17. The Morgan fingerprint density at radius 1 is 1.27 bits per heavy atom. The van der Waals surface area contributed by atoms with Crippen LogP contribution in [0.5, 0.6) is 0 Å². The lowest BCUT2D eigenvalue weighted by Crippen LogP contribution is -2.09. The molecule has 0 unspecified atom stereocenters. The van der Waals surface area contributed by atoms with Crippen molar-refractivity contribution in [3.8, 4) is 0 Å². The Labute approximate surface area is 86.5 Å². The first-order valence-corrected chi connectivity index (χ1v) is 4.71. The molecule has 0 fully saturated rings. The van der Waals surface area contributed by atoms with Crippen LogP contribution >= 0.6 is 0 Å². The zero-order valence-electron chi connectivity index (χ0n) is 9.14. The van der Waals surface area contributed by atoms with Gasteiger partial charge in [0.25, 0.3) is 6.43 Å². The monoisotopic (exact) mass is 221 g/mol. The highest BCUT2D eigenvalue weighted by atomic mass is 19.3. The van der Waals surface area contributed by atoms with Gasteiger partial charge in [0.1, 0.15) is 11.5 Å². The van der Waals surface area contributed by atoms with E-state index in [2.05, 4.69) is 4.98 Å². The van der Waals surface area contributed by atoms with Crippen LogP contribution in [0.2, 0.25) is 0 Å². The maximum absolute atomic E-state index is 13.4. The number of halogens is 3. The van der Waals surface area contributed by atoms with E-state index in [-0.39, 0.29) is 17.6 Å². The highest BCUT2D eigenvalue weighted by molar-refractivity contribution is 5.16. The lowest BCUT2D eigenvalue weighted by molar-refractivity contribution is 0.143. The third kappa shape index (κ3) is 2.52. The van der Waals surface area contributed by atoms with Crippen molar-refractivity contribution in [2.24, 2.45) is 0 Å². The van der Waals surface area contributed by atoms with Gasteiger partial charge in [-0.3, -0.25) is 0 Å². The molecule has 5 heteroatoms. The van der Waals surface area contributed by atoms with Gasteiger partial charge in [0, 0.05) is 5.92 Å². The van der Waals surface area contributed by atoms with Gasteiger partial charge in [0.15, 0.2) is 5.67 Å². The molecular formula is C10H14F3NO. The third-order valence-corrected chi connectivity index (χ3v) is 1.92. The first kappa shape index (κ1) is 12.1. The first-order valence-electron chi connectivity index (χ1n) is 4.71. The van der Waals surface area contributed by atoms with Crippen LogP contribution in [0, 0.1) is 0 Å². The van der Waals surface area contributed by atoms with E-state index < -0.39 is 17.8 Å². The molecule has 0 spiro atoms. The molecule has 0 aliphatic rings. The molecule has 15 heavy (non-hydrogen) atoms. The SMILES string of the molecule is CC(C)c1oc(C(C)(C)F)nc1C(F)F. The average Bonchev–Trinajstić information content (AvgIpc) is 2.45. The van der Waals surface area contributed by atoms with Gasteiger partial charge in [0.2, 0.25) is 5.89 Å². The molecule has 2 nitrogen and oxygen atoms in total. The van der Waals surface area contributed by atoms with Gasteiger partial charge >= 0.3 is 0 Å². The molecule has 0 N–H and O–H groups in total. The summed E-state index contributed by atoms with van der Waals surface area (Å²) in [5.41, 5.74) is -2.29. The van der Waals surface area contributed by atoms with Crippen molar-refractivity contribution in [2.75, 3.05) is 0 Å². The Morgan fingerprint density at radius 3 is 2.07 bits per heavy atom. The van der Waals surface area contributed by atoms with Gasteiger partial charge in [-0.25, -0.2) is 18.2 Å². The maximum Gasteiger partial charge on any atom is 0.283 e. The number of nitrogens with zero attached hydrogens (tertiary/aromatic N) is 1. The lowest BCUT2D eigenvalue weighted by Gasteiger charge is -2.07. The normalized spacial score (nSPS) is 12.9. The summed E-state index contributed by atoms with van der Waals surface area (Å²) in [5.74, 6) is -0.468. The molecule has 1 heterocycles. The third-order valence-electron chi connectivity index (χ3n) is 1.92. The quantitative estimate of drug-likeness (QED) is 0.772. The fourth-order valence-corrected chi connectivity index (χ4v) is 1.17. The second kappa shape index (κ2) is 3.87. The molecule has 0 aliphatic carbocycles. The largest absolute Gasteiger partial charge is 0.441 e. The molecule has 0 aliphatic heterocycles. The van der Waals surface area contributed by atoms with Crippen molar-refractivity contribution < 1.29 is 17.6 Å². The fraction of sp³-hybridized carbons (Fsp3) is 0.700. The van der Waals surface area contributed by atoms with Gasteiger partial charge in [-0.2, -0.15) is 0 Å². The van der Waals surface area contributed by atoms with Crippen molar-refractivity contribution in [3.05, 3.63) is 17.3 Å². The van der Waals surface area contributed by atoms with E-state index in [0.29, 0.717) is 0 Å². The standard InChI is InChI=1S/C10H14F3NO/c1-5(2)7-6(8(11)12)14-9(15-7)10(3,4)13/h5,8H,1-4H3. The summed E-state index contributed by atoms with van der Waals surface area (Å²) >= 11 is 0. The number of oxazole rings is 1. The van der Waals surface area contributed by atoms with E-state index in [0.717, 1.165) is 0 Å². The number of rotatable bonds is 3. The number of hydrogen-bond acceptors (Lipinski definition) is 2. The van der Waals surface area contributed by atoms with Gasteiger partial charge in [-0.15, -0.1) is 0 Å². The Bertz CT molecular complexity index is 313. The van der Waals surface area contributed by atoms with E-state index in [1.807, 2.05) is 0 Å². The van der Waals surface area contributed by atoms with Crippen LogP contribution in [0.4, 0.5) is 13.2 Å². The Hall–Kier alpha value is -1.00. The van der Waals surface area contributed by atoms with Crippen LogP contribution in [0.15, 0.2) is 4.42 Å². The van der Waals surface area contributed by atoms with E-state index in [1.54, 1.807) is 13.8 Å². The molecule has 0 aromatic carbocycles. The van der Waals surface area contributed by atoms with E-state index in [9.17, 15) is 13.2 Å². The molecule has 0 radical (unpaired) electrons. The second-order valence-corrected chi connectivity index (χ2v) is 4.20. The lowest BCUT2D eigenvalue weighted by atomic mass is 10.1. The number of hydrogen-bond donors (Lipinski definition) is 0. The minimum absolute atomic E-state index is 0.0609. The van der Waals surface area contributed by atoms with Crippen molar-refractivity contribution in [3.63, 3.8) is 0 Å². The van der Waals surface area contributed by atoms with Crippen molar-refractivity contribution in [1.29, 1.82) is 0 Å². The van der Waals surface area contributed by atoms with Crippen LogP contribution < -0.4 is 0 Å². The predicted molar refractivity (Wildman–Crippen MR) is 49.7 cm³/mol. The molecule has 1 aromatic heterocycles. The summed E-state index contributed by atoms with van der Waals surface area (Å²) < 4.78 is 43.6. The molecule has 0 bridgehead atoms. The van der Waals surface area contributed by atoms with Gasteiger partial charge in [-0.1, -0.05) is 13.8 Å². The van der Waals surface area contributed by atoms with E-state index in [1.165, 1.54) is 13.8 Å². The van der Waals surface area contributed by atoms with Crippen LogP contribution in [-0.4, -0.2) is 4.98 Å². The summed E-state index contributed by atoms with van der Waals surface area (Å²) in [5, 5.41) is 0. The molecule has 0 saturated carbocycles. The predicted octanol–water partition coefficient (Wildman–Crippen LogP) is 3.94. The molecular weight excluding hydrogens is 207 g/mol. The minimum atomic E-state index is -2.73. The van der Waals surface area contributed by atoms with Crippen LogP contribution in [-0.2, 0) is 5.67 Å². The molecule has 0 atom stereocenters. The van der Waals surface area contributed by atoms with Crippen LogP contribution in [0.25, 0.3) is 0 Å². The first-order chi connectivity index (χ1) is 6.73. The summed E-state index contributed by atoms with van der Waals surface area (Å²) in [6, 6.07) is 0. The topological polar surface area (TPSA) is 26.0 Å². The minimum Gasteiger partial charge on any atom is -0.441 e. The number of aromatic nitrogens is 1. The summed E-state index contributed by atoms with van der Waals surface area (Å²) in [4.78, 5) is 3.51. The Balaban J connectivity index is 3.21. The maximum atomic E-state index is 13.4. The van der Waals surface area contributed by atoms with Crippen LogP contribution in [0.1, 0.15) is 57.4 Å². The zero-order valence-corrected chi connectivity index (χ0v) is 9.14. The second-order valence-electron chi connectivity index (χ2n) is 4.20. The van der Waals surface area contributed by atoms with Crippen molar-refractivity contribution in [2.45, 2.75) is 45.7 Å². The molecule has 0 amide bonds. The number of alkyl halides is 3. The zero-order chi connectivity index (χ0) is 11.8.